The van der Waals surface area contributed by atoms with E-state index in [1.54, 1.807) is 0 Å². The summed E-state index contributed by atoms with van der Waals surface area (Å²) in [6, 6.07) is 9.53. The Labute approximate surface area is 124 Å². The van der Waals surface area contributed by atoms with Crippen LogP contribution in [-0.2, 0) is 12.8 Å². The van der Waals surface area contributed by atoms with Crippen molar-refractivity contribution in [1.82, 2.24) is 0 Å². The fourth-order valence-corrected chi connectivity index (χ4v) is 2.36. The lowest BCUT2D eigenvalue weighted by atomic mass is 9.99. The number of hydrogen-bond donors (Lipinski definition) is 2. The van der Waals surface area contributed by atoms with Gasteiger partial charge < -0.3 is 19.7 Å². The highest BCUT2D eigenvalue weighted by molar-refractivity contribution is 5.60. The molecule has 0 aliphatic carbocycles. The summed E-state index contributed by atoms with van der Waals surface area (Å²) in [5.74, 6) is 0.516. The van der Waals surface area contributed by atoms with E-state index >= 15 is 0 Å². The number of aromatic hydroxyl groups is 2. The zero-order valence-electron chi connectivity index (χ0n) is 12.5. The van der Waals surface area contributed by atoms with Gasteiger partial charge in [-0.1, -0.05) is 24.3 Å². The normalized spacial score (nSPS) is 10.4. The first-order valence-electron chi connectivity index (χ1n) is 6.78. The summed E-state index contributed by atoms with van der Waals surface area (Å²) in [4.78, 5) is 0. The average molecular weight is 288 g/mol. The molecule has 0 heterocycles. The third-order valence-corrected chi connectivity index (χ3v) is 3.65. The van der Waals surface area contributed by atoms with E-state index in [0.717, 1.165) is 0 Å². The molecular weight excluding hydrogens is 268 g/mol. The molecular formula is C17H20O4. The number of phenolic OH excluding ortho intramolecular Hbond substituents is 2. The molecule has 0 unspecified atom stereocenters. The third-order valence-electron chi connectivity index (χ3n) is 3.65. The van der Waals surface area contributed by atoms with E-state index < -0.39 is 0 Å². The minimum atomic E-state index is -0.0376. The molecule has 112 valence electrons. The SMILES string of the molecule is COc1cc(OC)c(O)c(CCc2ccccc2C)c1O. The molecule has 0 aliphatic rings. The molecule has 2 aromatic carbocycles. The van der Waals surface area contributed by atoms with Crippen molar-refractivity contribution in [3.63, 3.8) is 0 Å². The lowest BCUT2D eigenvalue weighted by Gasteiger charge is -2.14. The Morgan fingerprint density at radius 1 is 0.905 bits per heavy atom. The summed E-state index contributed by atoms with van der Waals surface area (Å²) in [5, 5.41) is 20.4. The van der Waals surface area contributed by atoms with E-state index in [9.17, 15) is 10.2 Å². The van der Waals surface area contributed by atoms with E-state index in [4.69, 9.17) is 9.47 Å². The largest absolute Gasteiger partial charge is 0.504 e. The van der Waals surface area contributed by atoms with Crippen molar-refractivity contribution in [2.24, 2.45) is 0 Å². The van der Waals surface area contributed by atoms with E-state index in [1.165, 1.54) is 31.4 Å². The Balaban J connectivity index is 2.33. The van der Waals surface area contributed by atoms with Crippen LogP contribution in [-0.4, -0.2) is 24.4 Å². The molecule has 4 nitrogen and oxygen atoms in total. The van der Waals surface area contributed by atoms with Gasteiger partial charge in [0.1, 0.15) is 0 Å². The Bertz CT molecular complexity index is 607. The van der Waals surface area contributed by atoms with Crippen LogP contribution in [0.4, 0.5) is 0 Å². The zero-order chi connectivity index (χ0) is 15.4. The maximum Gasteiger partial charge on any atom is 0.164 e. The van der Waals surface area contributed by atoms with E-state index in [0.29, 0.717) is 29.9 Å². The van der Waals surface area contributed by atoms with Crippen LogP contribution in [0.2, 0.25) is 0 Å². The standard InChI is InChI=1S/C17H20O4/c1-11-6-4-5-7-12(11)8-9-13-16(18)14(20-2)10-15(21-3)17(13)19/h4-7,10,18-19H,8-9H2,1-3H3. The third kappa shape index (κ3) is 3.05. The molecule has 0 saturated heterocycles. The van der Waals surface area contributed by atoms with Crippen LogP contribution in [0.1, 0.15) is 16.7 Å². The first-order valence-corrected chi connectivity index (χ1v) is 6.78. The second kappa shape index (κ2) is 6.39. The number of phenols is 2. The number of benzene rings is 2. The molecule has 0 amide bonds. The lowest BCUT2D eigenvalue weighted by molar-refractivity contribution is 0.341. The topological polar surface area (TPSA) is 58.9 Å². The van der Waals surface area contributed by atoms with Crippen LogP contribution >= 0.6 is 0 Å². The molecule has 4 heteroatoms. The molecule has 2 rings (SSSR count). The fourth-order valence-electron chi connectivity index (χ4n) is 2.36. The maximum atomic E-state index is 10.2. The van der Waals surface area contributed by atoms with Gasteiger partial charge in [0.25, 0.3) is 0 Å². The summed E-state index contributed by atoms with van der Waals surface area (Å²) in [6.07, 6.45) is 1.21. The van der Waals surface area contributed by atoms with E-state index in [2.05, 4.69) is 0 Å². The predicted molar refractivity (Wildman–Crippen MR) is 81.5 cm³/mol. The highest BCUT2D eigenvalue weighted by atomic mass is 16.5. The van der Waals surface area contributed by atoms with Crippen LogP contribution in [0, 0.1) is 6.92 Å². The van der Waals surface area contributed by atoms with Crippen molar-refractivity contribution in [2.75, 3.05) is 14.2 Å². The van der Waals surface area contributed by atoms with Gasteiger partial charge in [0, 0.05) is 11.6 Å². The van der Waals surface area contributed by atoms with Crippen LogP contribution in [0.3, 0.4) is 0 Å². The van der Waals surface area contributed by atoms with Crippen LogP contribution in [0.25, 0.3) is 0 Å². The number of rotatable bonds is 5. The second-order valence-corrected chi connectivity index (χ2v) is 4.88. The molecule has 0 fully saturated rings. The molecule has 0 aliphatic heterocycles. The summed E-state index contributed by atoms with van der Waals surface area (Å²) in [7, 11) is 2.94. The molecule has 0 bridgehead atoms. The number of ether oxygens (including phenoxy) is 2. The number of hydrogen-bond acceptors (Lipinski definition) is 4. The van der Waals surface area contributed by atoms with Crippen molar-refractivity contribution in [2.45, 2.75) is 19.8 Å². The Morgan fingerprint density at radius 3 is 2.00 bits per heavy atom. The van der Waals surface area contributed by atoms with E-state index in [-0.39, 0.29) is 11.5 Å². The highest BCUT2D eigenvalue weighted by Crippen LogP contribution is 2.43. The first kappa shape index (κ1) is 15.0. The Morgan fingerprint density at radius 2 is 1.48 bits per heavy atom. The molecule has 0 radical (unpaired) electrons. The van der Waals surface area contributed by atoms with Crippen LogP contribution in [0.15, 0.2) is 30.3 Å². The molecule has 21 heavy (non-hydrogen) atoms. The lowest BCUT2D eigenvalue weighted by Crippen LogP contribution is -1.98. The number of methoxy groups -OCH3 is 2. The molecule has 2 aromatic rings. The molecule has 0 aromatic heterocycles. The Hall–Kier alpha value is -2.36. The van der Waals surface area contributed by atoms with Crippen molar-refractivity contribution in [3.05, 3.63) is 47.0 Å². The minimum absolute atomic E-state index is 0.0376. The van der Waals surface area contributed by atoms with Crippen LogP contribution in [0.5, 0.6) is 23.0 Å². The van der Waals surface area contributed by atoms with Gasteiger partial charge >= 0.3 is 0 Å². The summed E-state index contributed by atoms with van der Waals surface area (Å²) < 4.78 is 10.2. The molecule has 0 spiro atoms. The van der Waals surface area contributed by atoms with Gasteiger partial charge in [-0.3, -0.25) is 0 Å². The van der Waals surface area contributed by atoms with Gasteiger partial charge in [0.15, 0.2) is 23.0 Å². The van der Waals surface area contributed by atoms with Crippen molar-refractivity contribution in [3.8, 4) is 23.0 Å². The van der Waals surface area contributed by atoms with Gasteiger partial charge in [0.2, 0.25) is 0 Å². The summed E-state index contributed by atoms with van der Waals surface area (Å²) in [6.45, 7) is 2.04. The van der Waals surface area contributed by atoms with Crippen molar-refractivity contribution >= 4 is 0 Å². The monoisotopic (exact) mass is 288 g/mol. The fraction of sp³-hybridized carbons (Fsp3) is 0.294. The van der Waals surface area contributed by atoms with Gasteiger partial charge in [-0.25, -0.2) is 0 Å². The summed E-state index contributed by atoms with van der Waals surface area (Å²) >= 11 is 0. The van der Waals surface area contributed by atoms with Gasteiger partial charge in [-0.05, 0) is 30.9 Å². The number of aryl methyl sites for hydroxylation is 2. The molecule has 2 N–H and O–H groups in total. The van der Waals surface area contributed by atoms with Gasteiger partial charge in [-0.15, -0.1) is 0 Å². The van der Waals surface area contributed by atoms with Crippen molar-refractivity contribution in [1.29, 1.82) is 0 Å². The first-order chi connectivity index (χ1) is 10.1. The maximum absolute atomic E-state index is 10.2. The highest BCUT2D eigenvalue weighted by Gasteiger charge is 2.18. The molecule has 0 atom stereocenters. The second-order valence-electron chi connectivity index (χ2n) is 4.88. The van der Waals surface area contributed by atoms with Crippen molar-refractivity contribution < 1.29 is 19.7 Å². The average Bonchev–Trinajstić information content (AvgIpc) is 2.49. The smallest absolute Gasteiger partial charge is 0.164 e. The van der Waals surface area contributed by atoms with E-state index in [1.807, 2.05) is 31.2 Å². The van der Waals surface area contributed by atoms with Crippen LogP contribution < -0.4 is 9.47 Å². The minimum Gasteiger partial charge on any atom is -0.504 e. The summed E-state index contributed by atoms with van der Waals surface area (Å²) in [5.41, 5.74) is 2.80. The predicted octanol–water partition coefficient (Wildman–Crippen LogP) is 3.21. The molecule has 0 saturated carbocycles. The van der Waals surface area contributed by atoms with Gasteiger partial charge in [0.05, 0.1) is 14.2 Å². The quantitative estimate of drug-likeness (QED) is 0.887. The Kier molecular flexibility index (Phi) is 4.58. The van der Waals surface area contributed by atoms with Gasteiger partial charge in [-0.2, -0.15) is 0 Å². The zero-order valence-corrected chi connectivity index (χ0v) is 12.5.